The van der Waals surface area contributed by atoms with Gasteiger partial charge >= 0.3 is 12.0 Å². The molecule has 0 aromatic heterocycles. The summed E-state index contributed by atoms with van der Waals surface area (Å²) < 4.78 is 0. The zero-order chi connectivity index (χ0) is 14.4. The maximum absolute atomic E-state index is 12.0. The lowest BCUT2D eigenvalue weighted by Gasteiger charge is -2.37. The van der Waals surface area contributed by atoms with Gasteiger partial charge in [0.15, 0.2) is 0 Å². The van der Waals surface area contributed by atoms with Gasteiger partial charge in [0.2, 0.25) is 0 Å². The zero-order valence-electron chi connectivity index (χ0n) is 11.6. The lowest BCUT2D eigenvalue weighted by atomic mass is 10.2. The first-order chi connectivity index (χ1) is 8.95. The van der Waals surface area contributed by atoms with Crippen molar-refractivity contribution in [1.82, 2.24) is 15.1 Å². The van der Waals surface area contributed by atoms with Crippen LogP contribution in [0.15, 0.2) is 12.7 Å². The minimum Gasteiger partial charge on any atom is -0.480 e. The maximum atomic E-state index is 12.0. The van der Waals surface area contributed by atoms with Crippen molar-refractivity contribution < 1.29 is 14.7 Å². The van der Waals surface area contributed by atoms with E-state index in [1.54, 1.807) is 4.90 Å². The van der Waals surface area contributed by atoms with E-state index in [0.717, 1.165) is 13.1 Å². The molecule has 19 heavy (non-hydrogen) atoms. The van der Waals surface area contributed by atoms with Crippen molar-refractivity contribution in [2.24, 2.45) is 0 Å². The Kier molecular flexibility index (Phi) is 5.82. The smallest absolute Gasteiger partial charge is 0.326 e. The van der Waals surface area contributed by atoms with Crippen molar-refractivity contribution in [3.8, 4) is 0 Å². The zero-order valence-corrected chi connectivity index (χ0v) is 11.6. The molecule has 0 aromatic rings. The Morgan fingerprint density at radius 3 is 2.32 bits per heavy atom. The molecule has 0 spiro atoms. The number of carbonyl (C=O) groups is 2. The lowest BCUT2D eigenvalue weighted by Crippen LogP contribution is -2.55. The van der Waals surface area contributed by atoms with Gasteiger partial charge in [0.1, 0.15) is 6.04 Å². The molecule has 0 aromatic carbocycles. The molecule has 1 rings (SSSR count). The molecule has 1 aliphatic rings. The first-order valence-corrected chi connectivity index (χ1v) is 6.59. The molecular formula is C13H23N3O3. The van der Waals surface area contributed by atoms with E-state index >= 15 is 0 Å². The quantitative estimate of drug-likeness (QED) is 0.722. The third-order valence-corrected chi connectivity index (χ3v) is 3.33. The summed E-state index contributed by atoms with van der Waals surface area (Å²) >= 11 is 0. The Morgan fingerprint density at radius 2 is 1.89 bits per heavy atom. The van der Waals surface area contributed by atoms with Crippen molar-refractivity contribution in [3.63, 3.8) is 0 Å². The van der Waals surface area contributed by atoms with Gasteiger partial charge in [-0.25, -0.2) is 9.59 Å². The number of amides is 2. The number of piperazine rings is 1. The second-order valence-corrected chi connectivity index (χ2v) is 4.98. The van der Waals surface area contributed by atoms with Crippen molar-refractivity contribution in [2.75, 3.05) is 26.2 Å². The third-order valence-electron chi connectivity index (χ3n) is 3.33. The molecule has 1 aliphatic heterocycles. The Balaban J connectivity index is 2.46. The van der Waals surface area contributed by atoms with Gasteiger partial charge in [-0.3, -0.25) is 4.90 Å². The summed E-state index contributed by atoms with van der Waals surface area (Å²) in [5, 5.41) is 11.5. The molecule has 1 heterocycles. The van der Waals surface area contributed by atoms with Crippen LogP contribution in [0.2, 0.25) is 0 Å². The molecular weight excluding hydrogens is 246 g/mol. The summed E-state index contributed by atoms with van der Waals surface area (Å²) in [6.45, 7) is 10.7. The van der Waals surface area contributed by atoms with Crippen LogP contribution in [0, 0.1) is 0 Å². The second kappa shape index (κ2) is 7.13. The SMILES string of the molecule is C=CCC(NC(=O)N1CCN(C(C)C)CC1)C(=O)O. The summed E-state index contributed by atoms with van der Waals surface area (Å²) in [5.41, 5.74) is 0. The number of hydrogen-bond acceptors (Lipinski definition) is 3. The summed E-state index contributed by atoms with van der Waals surface area (Å²) in [6, 6.07) is -0.733. The average Bonchev–Trinajstić information content (AvgIpc) is 2.38. The molecule has 0 bridgehead atoms. The summed E-state index contributed by atoms with van der Waals surface area (Å²) in [6.07, 6.45) is 1.73. The van der Waals surface area contributed by atoms with Crippen LogP contribution in [0.4, 0.5) is 4.79 Å². The number of rotatable bonds is 5. The standard InChI is InChI=1S/C13H23N3O3/c1-4-5-11(12(17)18)14-13(19)16-8-6-15(7-9-16)10(2)3/h4,10-11H,1,5-9H2,2-3H3,(H,14,19)(H,17,18). The number of urea groups is 1. The van der Waals surface area contributed by atoms with Gasteiger partial charge < -0.3 is 15.3 Å². The average molecular weight is 269 g/mol. The van der Waals surface area contributed by atoms with Gasteiger partial charge in [-0.05, 0) is 20.3 Å². The van der Waals surface area contributed by atoms with E-state index in [2.05, 4.69) is 30.6 Å². The van der Waals surface area contributed by atoms with Gasteiger partial charge in [0.05, 0.1) is 0 Å². The predicted octanol–water partition coefficient (Wildman–Crippen LogP) is 0.751. The highest BCUT2D eigenvalue weighted by Crippen LogP contribution is 2.06. The van der Waals surface area contributed by atoms with Gasteiger partial charge in [0.25, 0.3) is 0 Å². The molecule has 1 fully saturated rings. The number of carbonyl (C=O) groups excluding carboxylic acids is 1. The van der Waals surface area contributed by atoms with Crippen LogP contribution in [0.1, 0.15) is 20.3 Å². The number of aliphatic carboxylic acids is 1. The molecule has 1 unspecified atom stereocenters. The number of carboxylic acid groups (broad SMARTS) is 1. The Labute approximate surface area is 114 Å². The normalized spacial score (nSPS) is 18.2. The minimum absolute atomic E-state index is 0.229. The first-order valence-electron chi connectivity index (χ1n) is 6.59. The largest absolute Gasteiger partial charge is 0.480 e. The van der Waals surface area contributed by atoms with Crippen molar-refractivity contribution in [1.29, 1.82) is 0 Å². The number of nitrogens with one attached hydrogen (secondary N) is 1. The van der Waals surface area contributed by atoms with Gasteiger partial charge in [-0.2, -0.15) is 0 Å². The van der Waals surface area contributed by atoms with Gasteiger partial charge in [0, 0.05) is 32.2 Å². The van der Waals surface area contributed by atoms with Crippen LogP contribution in [0.25, 0.3) is 0 Å². The fraction of sp³-hybridized carbons (Fsp3) is 0.692. The summed E-state index contributed by atoms with van der Waals surface area (Å²) in [4.78, 5) is 26.9. The lowest BCUT2D eigenvalue weighted by molar-refractivity contribution is -0.139. The highest BCUT2D eigenvalue weighted by molar-refractivity contribution is 5.82. The van der Waals surface area contributed by atoms with Crippen molar-refractivity contribution in [2.45, 2.75) is 32.4 Å². The van der Waals surface area contributed by atoms with Gasteiger partial charge in [-0.15, -0.1) is 6.58 Å². The highest BCUT2D eigenvalue weighted by atomic mass is 16.4. The fourth-order valence-electron chi connectivity index (χ4n) is 2.07. The Morgan fingerprint density at radius 1 is 1.32 bits per heavy atom. The van der Waals surface area contributed by atoms with E-state index in [9.17, 15) is 9.59 Å². The Hall–Kier alpha value is -1.56. The van der Waals surface area contributed by atoms with Crippen LogP contribution < -0.4 is 5.32 Å². The van der Waals surface area contributed by atoms with Crippen LogP contribution in [-0.4, -0.2) is 65.2 Å². The molecule has 6 nitrogen and oxygen atoms in total. The third kappa shape index (κ3) is 4.55. The van der Waals surface area contributed by atoms with Crippen molar-refractivity contribution >= 4 is 12.0 Å². The van der Waals surface area contributed by atoms with E-state index < -0.39 is 12.0 Å². The molecule has 108 valence electrons. The van der Waals surface area contributed by atoms with Crippen molar-refractivity contribution in [3.05, 3.63) is 12.7 Å². The van der Waals surface area contributed by atoms with E-state index in [4.69, 9.17) is 5.11 Å². The number of carboxylic acids is 1. The second-order valence-electron chi connectivity index (χ2n) is 4.98. The highest BCUT2D eigenvalue weighted by Gasteiger charge is 2.25. The molecule has 1 saturated heterocycles. The molecule has 1 atom stereocenters. The van der Waals surface area contributed by atoms with E-state index in [0.29, 0.717) is 19.1 Å². The Bertz CT molecular complexity index is 336. The van der Waals surface area contributed by atoms with Crippen LogP contribution in [-0.2, 0) is 4.79 Å². The maximum Gasteiger partial charge on any atom is 0.326 e. The predicted molar refractivity (Wildman–Crippen MR) is 73.1 cm³/mol. The molecule has 0 aliphatic carbocycles. The molecule has 2 N–H and O–H groups in total. The van der Waals surface area contributed by atoms with Crippen LogP contribution >= 0.6 is 0 Å². The van der Waals surface area contributed by atoms with E-state index in [-0.39, 0.29) is 12.5 Å². The summed E-state index contributed by atoms with van der Waals surface area (Å²) in [7, 11) is 0. The number of nitrogens with zero attached hydrogens (tertiary/aromatic N) is 2. The van der Waals surface area contributed by atoms with E-state index in [1.165, 1.54) is 6.08 Å². The van der Waals surface area contributed by atoms with Crippen LogP contribution in [0.3, 0.4) is 0 Å². The first kappa shape index (κ1) is 15.5. The summed E-state index contributed by atoms with van der Waals surface area (Å²) in [5.74, 6) is -1.03. The molecule has 0 saturated carbocycles. The number of hydrogen-bond donors (Lipinski definition) is 2. The molecule has 2 amide bonds. The monoisotopic (exact) mass is 269 g/mol. The topological polar surface area (TPSA) is 72.9 Å². The molecule has 6 heteroatoms. The van der Waals surface area contributed by atoms with Crippen LogP contribution in [0.5, 0.6) is 0 Å². The fourth-order valence-corrected chi connectivity index (χ4v) is 2.07. The van der Waals surface area contributed by atoms with E-state index in [1.807, 2.05) is 0 Å². The minimum atomic E-state index is -1.03. The molecule has 0 radical (unpaired) electrons. The van der Waals surface area contributed by atoms with Gasteiger partial charge in [-0.1, -0.05) is 6.08 Å².